The number of likely N-dealkylation sites (tertiary alicyclic amines) is 1. The van der Waals surface area contributed by atoms with Gasteiger partial charge in [0.05, 0.1) is 0 Å². The summed E-state index contributed by atoms with van der Waals surface area (Å²) < 4.78 is 5.81. The van der Waals surface area contributed by atoms with Crippen LogP contribution in [0.1, 0.15) is 39.1 Å². The van der Waals surface area contributed by atoms with Crippen molar-refractivity contribution in [2.75, 3.05) is 19.6 Å². The number of pyridine rings is 1. The van der Waals surface area contributed by atoms with Gasteiger partial charge in [-0.25, -0.2) is 0 Å². The number of nitrogens with zero attached hydrogens (tertiary/aromatic N) is 2. The van der Waals surface area contributed by atoms with Crippen molar-refractivity contribution in [3.8, 4) is 11.5 Å². The van der Waals surface area contributed by atoms with Gasteiger partial charge in [0.2, 0.25) is 0 Å². The van der Waals surface area contributed by atoms with Gasteiger partial charge in [0.15, 0.2) is 5.78 Å². The average molecular weight is 430 g/mol. The first-order valence-electron chi connectivity index (χ1n) is 10.9. The lowest BCUT2D eigenvalue weighted by Crippen LogP contribution is -2.37. The van der Waals surface area contributed by atoms with Gasteiger partial charge in [-0.2, -0.15) is 0 Å². The van der Waals surface area contributed by atoms with Gasteiger partial charge in [-0.15, -0.1) is 0 Å². The Bertz CT molecular complexity index is 1060. The zero-order valence-corrected chi connectivity index (χ0v) is 17.9. The highest BCUT2D eigenvalue weighted by Crippen LogP contribution is 2.25. The first kappa shape index (κ1) is 21.7. The maximum atomic E-state index is 12.6. The Hall–Kier alpha value is -3.51. The summed E-state index contributed by atoms with van der Waals surface area (Å²) in [6.45, 7) is 2.85. The SMILES string of the molecule is NC(=O)c1cnccc1Oc1ccc(CCN2CCC(C(=O)c3ccccc3)CC2)cc1. The Kier molecular flexibility index (Phi) is 6.92. The Morgan fingerprint density at radius 3 is 2.41 bits per heavy atom. The number of benzene rings is 2. The van der Waals surface area contributed by atoms with Crippen LogP contribution >= 0.6 is 0 Å². The van der Waals surface area contributed by atoms with E-state index < -0.39 is 5.91 Å². The summed E-state index contributed by atoms with van der Waals surface area (Å²) in [5, 5.41) is 0. The Morgan fingerprint density at radius 1 is 1.00 bits per heavy atom. The predicted molar refractivity (Wildman–Crippen MR) is 123 cm³/mol. The lowest BCUT2D eigenvalue weighted by Gasteiger charge is -2.31. The summed E-state index contributed by atoms with van der Waals surface area (Å²) in [6.07, 6.45) is 5.72. The van der Waals surface area contributed by atoms with Crippen LogP contribution in [0.4, 0.5) is 0 Å². The third kappa shape index (κ3) is 5.39. The fourth-order valence-electron chi connectivity index (χ4n) is 4.05. The standard InChI is InChI=1S/C26H27N3O3/c27-26(31)23-18-28-14-10-24(23)32-22-8-6-19(7-9-22)11-15-29-16-12-21(13-17-29)25(30)20-4-2-1-3-5-20/h1-10,14,18,21H,11-13,15-17H2,(H2,27,31). The average Bonchev–Trinajstić information content (AvgIpc) is 2.84. The highest BCUT2D eigenvalue weighted by molar-refractivity contribution is 5.97. The number of ketones is 1. The molecule has 1 aliphatic rings. The van der Waals surface area contributed by atoms with Gasteiger partial charge in [-0.05, 0) is 56.1 Å². The van der Waals surface area contributed by atoms with Gasteiger partial charge >= 0.3 is 0 Å². The number of amides is 1. The number of piperidine rings is 1. The van der Waals surface area contributed by atoms with Crippen LogP contribution in [0.15, 0.2) is 73.1 Å². The van der Waals surface area contributed by atoms with Crippen molar-refractivity contribution < 1.29 is 14.3 Å². The molecule has 1 amide bonds. The quantitative estimate of drug-likeness (QED) is 0.545. The smallest absolute Gasteiger partial charge is 0.254 e. The van der Waals surface area contributed by atoms with Crippen molar-refractivity contribution in [1.29, 1.82) is 0 Å². The molecule has 1 saturated heterocycles. The monoisotopic (exact) mass is 429 g/mol. The van der Waals surface area contributed by atoms with E-state index in [0.29, 0.717) is 11.5 Å². The third-order valence-electron chi connectivity index (χ3n) is 5.93. The molecule has 2 aromatic carbocycles. The van der Waals surface area contributed by atoms with Gasteiger partial charge in [-0.1, -0.05) is 42.5 Å². The second kappa shape index (κ2) is 10.2. The third-order valence-corrected chi connectivity index (χ3v) is 5.93. The Balaban J connectivity index is 1.26. The summed E-state index contributed by atoms with van der Waals surface area (Å²) in [4.78, 5) is 30.5. The molecule has 2 heterocycles. The van der Waals surface area contributed by atoms with Crippen molar-refractivity contribution in [2.24, 2.45) is 11.7 Å². The van der Waals surface area contributed by atoms with E-state index >= 15 is 0 Å². The summed E-state index contributed by atoms with van der Waals surface area (Å²) in [5.41, 5.74) is 7.67. The van der Waals surface area contributed by atoms with Crippen LogP contribution in [0.5, 0.6) is 11.5 Å². The summed E-state index contributed by atoms with van der Waals surface area (Å²) in [6, 6.07) is 19.1. The highest BCUT2D eigenvalue weighted by Gasteiger charge is 2.25. The van der Waals surface area contributed by atoms with Crippen LogP contribution in [0.2, 0.25) is 0 Å². The molecule has 0 radical (unpaired) electrons. The molecule has 6 nitrogen and oxygen atoms in total. The van der Waals surface area contributed by atoms with Crippen LogP contribution < -0.4 is 10.5 Å². The lowest BCUT2D eigenvalue weighted by atomic mass is 9.89. The lowest BCUT2D eigenvalue weighted by molar-refractivity contribution is 0.0840. The molecule has 0 spiro atoms. The molecule has 4 rings (SSSR count). The van der Waals surface area contributed by atoms with Crippen LogP contribution in [0, 0.1) is 5.92 Å². The van der Waals surface area contributed by atoms with Crippen molar-refractivity contribution in [1.82, 2.24) is 9.88 Å². The molecule has 1 aromatic heterocycles. The highest BCUT2D eigenvalue weighted by atomic mass is 16.5. The number of hydrogen-bond acceptors (Lipinski definition) is 5. The van der Waals surface area contributed by atoms with Crippen LogP contribution in [-0.2, 0) is 6.42 Å². The number of aromatic nitrogens is 1. The van der Waals surface area contributed by atoms with Gasteiger partial charge in [0, 0.05) is 30.4 Å². The fraction of sp³-hybridized carbons (Fsp3) is 0.269. The molecule has 0 saturated carbocycles. The largest absolute Gasteiger partial charge is 0.456 e. The summed E-state index contributed by atoms with van der Waals surface area (Å²) in [5.74, 6) is 0.868. The molecular weight excluding hydrogens is 402 g/mol. The number of rotatable bonds is 8. The maximum absolute atomic E-state index is 12.6. The van der Waals surface area contributed by atoms with Gasteiger partial charge in [0.1, 0.15) is 17.1 Å². The van der Waals surface area contributed by atoms with Gasteiger partial charge in [-0.3, -0.25) is 14.6 Å². The number of carbonyl (C=O) groups excluding carboxylic acids is 2. The molecule has 32 heavy (non-hydrogen) atoms. The predicted octanol–water partition coefficient (Wildman–Crippen LogP) is 4.11. The van der Waals surface area contributed by atoms with E-state index in [2.05, 4.69) is 9.88 Å². The molecule has 0 unspecified atom stereocenters. The van der Waals surface area contributed by atoms with E-state index in [4.69, 9.17) is 10.5 Å². The van der Waals surface area contributed by atoms with Crippen molar-refractivity contribution in [2.45, 2.75) is 19.3 Å². The maximum Gasteiger partial charge on any atom is 0.254 e. The minimum atomic E-state index is -0.570. The zero-order valence-electron chi connectivity index (χ0n) is 17.9. The topological polar surface area (TPSA) is 85.5 Å². The molecular formula is C26H27N3O3. The van der Waals surface area contributed by atoms with E-state index in [0.717, 1.165) is 44.5 Å². The van der Waals surface area contributed by atoms with Crippen LogP contribution in [0.25, 0.3) is 0 Å². The van der Waals surface area contributed by atoms with E-state index in [9.17, 15) is 9.59 Å². The number of hydrogen-bond donors (Lipinski definition) is 1. The first-order chi connectivity index (χ1) is 15.6. The molecule has 0 aliphatic carbocycles. The van der Waals surface area contributed by atoms with Gasteiger partial charge in [0.25, 0.3) is 5.91 Å². The second-order valence-electron chi connectivity index (χ2n) is 8.08. The Labute approximate surface area is 188 Å². The van der Waals surface area contributed by atoms with E-state index in [1.807, 2.05) is 54.6 Å². The normalized spacial score (nSPS) is 14.8. The number of primary amides is 1. The molecule has 1 aliphatic heterocycles. The van der Waals surface area contributed by atoms with Crippen molar-refractivity contribution in [3.05, 3.63) is 89.7 Å². The summed E-state index contributed by atoms with van der Waals surface area (Å²) >= 11 is 0. The summed E-state index contributed by atoms with van der Waals surface area (Å²) in [7, 11) is 0. The molecule has 164 valence electrons. The number of nitrogens with two attached hydrogens (primary N) is 1. The van der Waals surface area contributed by atoms with Crippen LogP contribution in [0.3, 0.4) is 0 Å². The minimum Gasteiger partial charge on any atom is -0.456 e. The first-order valence-corrected chi connectivity index (χ1v) is 10.9. The fourth-order valence-corrected chi connectivity index (χ4v) is 4.05. The molecule has 3 aromatic rings. The minimum absolute atomic E-state index is 0.128. The Morgan fingerprint density at radius 2 is 1.72 bits per heavy atom. The van der Waals surface area contributed by atoms with Gasteiger partial charge < -0.3 is 15.4 Å². The molecule has 6 heteroatoms. The molecule has 0 atom stereocenters. The van der Waals surface area contributed by atoms with E-state index in [1.165, 1.54) is 11.8 Å². The number of ether oxygens (including phenoxy) is 1. The van der Waals surface area contributed by atoms with Crippen molar-refractivity contribution >= 4 is 11.7 Å². The molecule has 0 bridgehead atoms. The van der Waals surface area contributed by atoms with E-state index in [1.54, 1.807) is 12.3 Å². The second-order valence-corrected chi connectivity index (χ2v) is 8.08. The molecule has 1 fully saturated rings. The zero-order chi connectivity index (χ0) is 22.3. The van der Waals surface area contributed by atoms with Crippen molar-refractivity contribution in [3.63, 3.8) is 0 Å². The van der Waals surface area contributed by atoms with Crippen LogP contribution in [-0.4, -0.2) is 41.2 Å². The molecule has 2 N–H and O–H groups in total. The number of Topliss-reactive ketones (excluding diaryl/α,β-unsaturated/α-hetero) is 1. The van der Waals surface area contributed by atoms with E-state index in [-0.39, 0.29) is 17.3 Å². The number of carbonyl (C=O) groups is 2.